The van der Waals surface area contributed by atoms with Crippen LogP contribution in [0, 0.1) is 6.92 Å². The Morgan fingerprint density at radius 3 is 2.88 bits per heavy atom. The second-order valence-corrected chi connectivity index (χ2v) is 4.42. The van der Waals surface area contributed by atoms with E-state index in [2.05, 4.69) is 15.1 Å². The van der Waals surface area contributed by atoms with Gasteiger partial charge in [-0.3, -0.25) is 0 Å². The first-order chi connectivity index (χ1) is 8.11. The normalized spacial score (nSPS) is 10.5. The van der Waals surface area contributed by atoms with E-state index in [1.807, 2.05) is 12.3 Å². The van der Waals surface area contributed by atoms with Gasteiger partial charge in [0.2, 0.25) is 0 Å². The lowest BCUT2D eigenvalue weighted by Gasteiger charge is -1.94. The van der Waals surface area contributed by atoms with Crippen LogP contribution in [0.1, 0.15) is 22.6 Å². The predicted molar refractivity (Wildman–Crippen MR) is 62.8 cm³/mol. The fraction of sp³-hybridized carbons (Fsp3) is 0.400. The Balaban J connectivity index is 2.34. The van der Waals surface area contributed by atoms with Crippen molar-refractivity contribution in [1.82, 2.24) is 19.7 Å². The van der Waals surface area contributed by atoms with E-state index in [1.165, 1.54) is 16.0 Å². The maximum absolute atomic E-state index is 11.5. The first-order valence-electron chi connectivity index (χ1n) is 5.12. The molecule has 0 radical (unpaired) electrons. The van der Waals surface area contributed by atoms with E-state index in [0.29, 0.717) is 12.4 Å². The van der Waals surface area contributed by atoms with Crippen LogP contribution >= 0.6 is 11.3 Å². The largest absolute Gasteiger partial charge is 0.460 e. The van der Waals surface area contributed by atoms with Gasteiger partial charge in [0.1, 0.15) is 5.69 Å². The predicted octanol–water partition coefficient (Wildman–Crippen LogP) is 1.42. The number of carbonyl (C=O) groups excluding carboxylic acids is 1. The molecular formula is C10H12N4O2S. The van der Waals surface area contributed by atoms with Crippen molar-refractivity contribution in [1.29, 1.82) is 0 Å². The molecule has 7 heteroatoms. The number of nitrogens with zero attached hydrogens (tertiary/aromatic N) is 4. The fourth-order valence-electron chi connectivity index (χ4n) is 1.36. The van der Waals surface area contributed by atoms with Gasteiger partial charge in [-0.1, -0.05) is 0 Å². The number of thiazole rings is 1. The number of ether oxygens (including phenoxy) is 1. The molecule has 2 rings (SSSR count). The van der Waals surface area contributed by atoms with E-state index in [9.17, 15) is 4.79 Å². The van der Waals surface area contributed by atoms with Gasteiger partial charge in [-0.15, -0.1) is 16.4 Å². The van der Waals surface area contributed by atoms with Crippen molar-refractivity contribution in [2.75, 3.05) is 6.61 Å². The number of esters is 1. The molecule has 0 atom stereocenters. The summed E-state index contributed by atoms with van der Waals surface area (Å²) < 4.78 is 6.37. The Labute approximate surface area is 102 Å². The third-order valence-corrected chi connectivity index (χ3v) is 2.84. The molecule has 0 aliphatic heterocycles. The molecule has 0 aliphatic carbocycles. The van der Waals surface area contributed by atoms with Crippen molar-refractivity contribution in [3.05, 3.63) is 16.2 Å². The number of hydrogen-bond donors (Lipinski definition) is 0. The van der Waals surface area contributed by atoms with Crippen LogP contribution < -0.4 is 0 Å². The monoisotopic (exact) mass is 252 g/mol. The van der Waals surface area contributed by atoms with Gasteiger partial charge in [-0.2, -0.15) is 4.98 Å². The molecule has 0 fully saturated rings. The van der Waals surface area contributed by atoms with E-state index < -0.39 is 5.97 Å². The van der Waals surface area contributed by atoms with Gasteiger partial charge in [-0.05, 0) is 13.8 Å². The van der Waals surface area contributed by atoms with Crippen LogP contribution in [0.15, 0.2) is 5.38 Å². The van der Waals surface area contributed by atoms with Crippen molar-refractivity contribution < 1.29 is 9.53 Å². The highest BCUT2D eigenvalue weighted by Gasteiger charge is 2.17. The molecule has 2 aromatic heterocycles. The van der Waals surface area contributed by atoms with E-state index in [4.69, 9.17) is 4.74 Å². The van der Waals surface area contributed by atoms with Crippen LogP contribution in [0.5, 0.6) is 0 Å². The maximum Gasteiger partial charge on any atom is 0.378 e. The van der Waals surface area contributed by atoms with Crippen LogP contribution in [-0.2, 0) is 11.8 Å². The molecule has 6 nitrogen and oxygen atoms in total. The minimum absolute atomic E-state index is 0.0648. The van der Waals surface area contributed by atoms with Gasteiger partial charge in [-0.25, -0.2) is 14.5 Å². The Kier molecular flexibility index (Phi) is 3.19. The lowest BCUT2D eigenvalue weighted by molar-refractivity contribution is 0.0512. The van der Waals surface area contributed by atoms with Crippen molar-refractivity contribution in [2.24, 2.45) is 7.05 Å². The first kappa shape index (κ1) is 11.7. The summed E-state index contributed by atoms with van der Waals surface area (Å²) in [5.41, 5.74) is 0.720. The van der Waals surface area contributed by atoms with E-state index in [0.717, 1.165) is 10.7 Å². The van der Waals surface area contributed by atoms with Crippen LogP contribution in [0.3, 0.4) is 0 Å². The second kappa shape index (κ2) is 4.62. The first-order valence-corrected chi connectivity index (χ1v) is 6.00. The van der Waals surface area contributed by atoms with Gasteiger partial charge in [0.15, 0.2) is 5.82 Å². The zero-order valence-corrected chi connectivity index (χ0v) is 10.6. The highest BCUT2D eigenvalue weighted by Crippen LogP contribution is 2.19. The Bertz CT molecular complexity index is 546. The number of rotatable bonds is 3. The van der Waals surface area contributed by atoms with Crippen molar-refractivity contribution in [3.8, 4) is 11.5 Å². The zero-order valence-electron chi connectivity index (χ0n) is 9.80. The summed E-state index contributed by atoms with van der Waals surface area (Å²) in [5.74, 6) is 0.119. The summed E-state index contributed by atoms with van der Waals surface area (Å²) in [6.07, 6.45) is 0. The molecule has 0 bridgehead atoms. The highest BCUT2D eigenvalue weighted by atomic mass is 32.1. The molecular weight excluding hydrogens is 240 g/mol. The summed E-state index contributed by atoms with van der Waals surface area (Å²) in [7, 11) is 1.72. The average molecular weight is 252 g/mol. The minimum Gasteiger partial charge on any atom is -0.460 e. The van der Waals surface area contributed by atoms with Crippen LogP contribution in [0.25, 0.3) is 11.5 Å². The van der Waals surface area contributed by atoms with Crippen LogP contribution in [0.4, 0.5) is 0 Å². The maximum atomic E-state index is 11.5. The molecule has 0 unspecified atom stereocenters. The number of hydrogen-bond acceptors (Lipinski definition) is 6. The molecule has 0 aromatic carbocycles. The minimum atomic E-state index is -0.513. The summed E-state index contributed by atoms with van der Waals surface area (Å²) in [6.45, 7) is 3.96. The molecule has 2 heterocycles. The van der Waals surface area contributed by atoms with Crippen LogP contribution in [0.2, 0.25) is 0 Å². The van der Waals surface area contributed by atoms with Gasteiger partial charge in [0.05, 0.1) is 11.6 Å². The number of aryl methyl sites for hydroxylation is 2. The SMILES string of the molecule is CCOC(=O)c1nc(-c2csc(C)n2)n(C)n1. The standard InChI is InChI=1S/C10H12N4O2S/c1-4-16-10(15)8-12-9(14(3)13-8)7-5-17-6(2)11-7/h5H,4H2,1-3H3. The number of carbonyl (C=O) groups is 1. The molecule has 0 amide bonds. The van der Waals surface area contributed by atoms with Crippen molar-refractivity contribution >= 4 is 17.3 Å². The van der Waals surface area contributed by atoms with Gasteiger partial charge in [0, 0.05) is 12.4 Å². The molecule has 2 aromatic rings. The fourth-order valence-corrected chi connectivity index (χ4v) is 1.95. The quantitative estimate of drug-likeness (QED) is 0.773. The van der Waals surface area contributed by atoms with Gasteiger partial charge >= 0.3 is 5.97 Å². The third kappa shape index (κ3) is 2.33. The molecule has 0 saturated carbocycles. The molecule has 17 heavy (non-hydrogen) atoms. The second-order valence-electron chi connectivity index (χ2n) is 3.35. The van der Waals surface area contributed by atoms with E-state index >= 15 is 0 Å². The van der Waals surface area contributed by atoms with Crippen LogP contribution in [-0.4, -0.2) is 32.3 Å². The smallest absolute Gasteiger partial charge is 0.378 e. The summed E-state index contributed by atoms with van der Waals surface area (Å²) >= 11 is 1.53. The van der Waals surface area contributed by atoms with E-state index in [-0.39, 0.29) is 5.82 Å². The van der Waals surface area contributed by atoms with Crippen molar-refractivity contribution in [3.63, 3.8) is 0 Å². The Hall–Kier alpha value is -1.76. The molecule has 0 saturated heterocycles. The Morgan fingerprint density at radius 2 is 2.29 bits per heavy atom. The lowest BCUT2D eigenvalue weighted by Crippen LogP contribution is -2.07. The topological polar surface area (TPSA) is 69.9 Å². The third-order valence-electron chi connectivity index (χ3n) is 2.07. The lowest BCUT2D eigenvalue weighted by atomic mass is 10.4. The molecule has 0 aliphatic rings. The molecule has 0 N–H and O–H groups in total. The summed E-state index contributed by atoms with van der Waals surface area (Å²) in [6, 6.07) is 0. The average Bonchev–Trinajstić information content (AvgIpc) is 2.85. The summed E-state index contributed by atoms with van der Waals surface area (Å²) in [5, 5.41) is 6.84. The number of aromatic nitrogens is 4. The van der Waals surface area contributed by atoms with Crippen molar-refractivity contribution in [2.45, 2.75) is 13.8 Å². The summed E-state index contributed by atoms with van der Waals surface area (Å²) in [4.78, 5) is 19.9. The van der Waals surface area contributed by atoms with Gasteiger partial charge in [0.25, 0.3) is 5.82 Å². The molecule has 0 spiro atoms. The zero-order chi connectivity index (χ0) is 12.4. The highest BCUT2D eigenvalue weighted by molar-refractivity contribution is 7.09. The Morgan fingerprint density at radius 1 is 1.53 bits per heavy atom. The van der Waals surface area contributed by atoms with E-state index in [1.54, 1.807) is 14.0 Å². The molecule has 90 valence electrons. The van der Waals surface area contributed by atoms with Gasteiger partial charge < -0.3 is 4.74 Å².